The first kappa shape index (κ1) is 24.3. The minimum Gasteiger partial charge on any atom is -0.350 e. The fourth-order valence-corrected chi connectivity index (χ4v) is 5.05. The normalized spacial score (nSPS) is 18.3. The number of carbonyl (C=O) groups excluding carboxylic acids is 2. The predicted molar refractivity (Wildman–Crippen MR) is 128 cm³/mol. The number of piperidine rings is 1. The highest BCUT2D eigenvalue weighted by Crippen LogP contribution is 2.50. The minimum absolute atomic E-state index is 0.103. The number of nitrogens with zero attached hydrogens (tertiary/aromatic N) is 4. The van der Waals surface area contributed by atoms with Crippen molar-refractivity contribution in [2.45, 2.75) is 51.1 Å². The van der Waals surface area contributed by atoms with Crippen LogP contribution < -0.4 is 5.32 Å². The Hall–Kier alpha value is -3.40. The van der Waals surface area contributed by atoms with E-state index in [0.29, 0.717) is 42.8 Å². The van der Waals surface area contributed by atoms with E-state index in [1.54, 1.807) is 12.1 Å². The molecular formula is C25H25ClF2N6O2. The zero-order valence-electron chi connectivity index (χ0n) is 19.7. The molecule has 3 aromatic heterocycles. The molecule has 0 bridgehead atoms. The van der Waals surface area contributed by atoms with E-state index in [1.165, 1.54) is 6.20 Å². The van der Waals surface area contributed by atoms with Gasteiger partial charge in [0.05, 0.1) is 35.3 Å². The maximum absolute atomic E-state index is 14.3. The summed E-state index contributed by atoms with van der Waals surface area (Å²) in [4.78, 5) is 36.0. The van der Waals surface area contributed by atoms with E-state index in [4.69, 9.17) is 11.6 Å². The molecule has 188 valence electrons. The summed E-state index contributed by atoms with van der Waals surface area (Å²) < 4.78 is 27.5. The quantitative estimate of drug-likeness (QED) is 0.516. The molecule has 1 aliphatic carbocycles. The number of nitrogens with one attached hydrogen (secondary N) is 2. The number of likely N-dealkylation sites (tertiary alicyclic amines) is 1. The second-order valence-corrected chi connectivity index (χ2v) is 9.75. The van der Waals surface area contributed by atoms with Crippen LogP contribution in [-0.4, -0.2) is 49.0 Å². The van der Waals surface area contributed by atoms with Crippen molar-refractivity contribution in [3.63, 3.8) is 0 Å². The number of aromatic nitrogens is 4. The molecule has 0 aromatic carbocycles. The summed E-state index contributed by atoms with van der Waals surface area (Å²) in [5.74, 6) is -1.65. The molecule has 8 nitrogen and oxygen atoms in total. The second kappa shape index (κ2) is 9.57. The van der Waals surface area contributed by atoms with Crippen LogP contribution in [-0.2, 0) is 17.8 Å². The van der Waals surface area contributed by atoms with E-state index >= 15 is 0 Å². The van der Waals surface area contributed by atoms with E-state index < -0.39 is 11.6 Å². The lowest BCUT2D eigenvalue weighted by Gasteiger charge is -2.39. The van der Waals surface area contributed by atoms with Crippen molar-refractivity contribution in [1.82, 2.24) is 30.4 Å². The van der Waals surface area contributed by atoms with Crippen LogP contribution in [0.4, 0.5) is 8.78 Å². The van der Waals surface area contributed by atoms with Crippen LogP contribution in [0.2, 0.25) is 5.02 Å². The van der Waals surface area contributed by atoms with E-state index in [0.717, 1.165) is 30.8 Å². The highest BCUT2D eigenvalue weighted by Gasteiger charge is 2.54. The molecule has 2 fully saturated rings. The van der Waals surface area contributed by atoms with E-state index in [-0.39, 0.29) is 40.5 Å². The lowest BCUT2D eigenvalue weighted by atomic mass is 9.88. The van der Waals surface area contributed by atoms with Crippen LogP contribution in [0.3, 0.4) is 0 Å². The van der Waals surface area contributed by atoms with Gasteiger partial charge in [0.2, 0.25) is 5.91 Å². The second-order valence-electron chi connectivity index (χ2n) is 9.35. The lowest BCUT2D eigenvalue weighted by molar-refractivity contribution is -0.127. The molecule has 1 saturated carbocycles. The fraction of sp³-hybridized carbons (Fsp3) is 0.400. The molecule has 1 spiro atoms. The van der Waals surface area contributed by atoms with Crippen molar-refractivity contribution in [2.75, 3.05) is 6.54 Å². The summed E-state index contributed by atoms with van der Waals surface area (Å²) in [5.41, 5.74) is 1.69. The van der Waals surface area contributed by atoms with Gasteiger partial charge in [0.15, 0.2) is 5.82 Å². The Kier molecular flexibility index (Phi) is 6.46. The van der Waals surface area contributed by atoms with Gasteiger partial charge in [-0.05, 0) is 50.3 Å². The van der Waals surface area contributed by atoms with Gasteiger partial charge in [0.25, 0.3) is 5.91 Å². The molecule has 0 unspecified atom stereocenters. The third-order valence-corrected chi connectivity index (χ3v) is 7.34. The molecule has 36 heavy (non-hydrogen) atoms. The van der Waals surface area contributed by atoms with E-state index in [2.05, 4.69) is 25.5 Å². The van der Waals surface area contributed by atoms with Gasteiger partial charge < -0.3 is 10.2 Å². The first-order valence-electron chi connectivity index (χ1n) is 11.9. The van der Waals surface area contributed by atoms with Gasteiger partial charge in [0, 0.05) is 29.3 Å². The molecular weight excluding hydrogens is 490 g/mol. The predicted octanol–water partition coefficient (Wildman–Crippen LogP) is 4.06. The van der Waals surface area contributed by atoms with Crippen LogP contribution in [0.5, 0.6) is 0 Å². The Labute approximate surface area is 211 Å². The Bertz CT molecular complexity index is 1330. The van der Waals surface area contributed by atoms with Crippen LogP contribution in [0, 0.1) is 17.6 Å². The number of halogens is 3. The minimum atomic E-state index is -0.538. The lowest BCUT2D eigenvalue weighted by Crippen LogP contribution is -2.50. The van der Waals surface area contributed by atoms with Crippen molar-refractivity contribution >= 4 is 23.4 Å². The summed E-state index contributed by atoms with van der Waals surface area (Å²) in [6.45, 7) is 2.45. The van der Waals surface area contributed by atoms with Gasteiger partial charge in [0.1, 0.15) is 11.5 Å². The summed E-state index contributed by atoms with van der Waals surface area (Å²) in [6.07, 6.45) is 5.56. The number of aryl methyl sites for hydroxylation is 1. The van der Waals surface area contributed by atoms with Gasteiger partial charge in [-0.1, -0.05) is 18.5 Å². The van der Waals surface area contributed by atoms with Crippen molar-refractivity contribution < 1.29 is 18.4 Å². The average Bonchev–Trinajstić information content (AvgIpc) is 3.44. The summed E-state index contributed by atoms with van der Waals surface area (Å²) >= 11 is 6.00. The molecule has 1 saturated heterocycles. The smallest absolute Gasteiger partial charge is 0.272 e. The maximum Gasteiger partial charge on any atom is 0.272 e. The molecule has 2 N–H and O–H groups in total. The first-order valence-corrected chi connectivity index (χ1v) is 12.3. The Morgan fingerprint density at radius 2 is 2.03 bits per heavy atom. The van der Waals surface area contributed by atoms with Crippen LogP contribution >= 0.6 is 11.6 Å². The van der Waals surface area contributed by atoms with Gasteiger partial charge in [-0.25, -0.2) is 8.78 Å². The van der Waals surface area contributed by atoms with Crippen LogP contribution in [0.15, 0.2) is 30.6 Å². The van der Waals surface area contributed by atoms with Crippen LogP contribution in [0.25, 0.3) is 11.3 Å². The average molecular weight is 515 g/mol. The molecule has 5 rings (SSSR count). The topological polar surface area (TPSA) is 104 Å². The molecule has 11 heteroatoms. The maximum atomic E-state index is 14.3. The summed E-state index contributed by atoms with van der Waals surface area (Å²) in [6, 6.07) is 4.36. The molecule has 2 aliphatic rings. The zero-order valence-corrected chi connectivity index (χ0v) is 20.4. The number of H-pyrrole nitrogens is 1. The highest BCUT2D eigenvalue weighted by molar-refractivity contribution is 6.31. The molecule has 1 aliphatic heterocycles. The third-order valence-electron chi connectivity index (χ3n) is 7.02. The fourth-order valence-electron chi connectivity index (χ4n) is 4.83. The van der Waals surface area contributed by atoms with Gasteiger partial charge in [-0.3, -0.25) is 24.7 Å². The number of hydrogen-bond donors (Lipinski definition) is 2. The SMILES string of the molecule is CCc1cc(-c2cc(C(=O)N3CC[C@H](C(=O)NCc4ncc(F)cc4Cl)CC34CC4)[nH]n2)c(F)cn1. The van der Waals surface area contributed by atoms with Gasteiger partial charge in [-0.2, -0.15) is 5.10 Å². The van der Waals surface area contributed by atoms with Crippen molar-refractivity contribution in [2.24, 2.45) is 5.92 Å². The van der Waals surface area contributed by atoms with Crippen molar-refractivity contribution in [1.29, 1.82) is 0 Å². The van der Waals surface area contributed by atoms with Crippen molar-refractivity contribution in [3.05, 3.63) is 64.3 Å². The van der Waals surface area contributed by atoms with E-state index in [9.17, 15) is 18.4 Å². The number of aromatic amines is 1. The Balaban J connectivity index is 1.24. The molecule has 3 aromatic rings. The number of carbonyl (C=O) groups is 2. The number of hydrogen-bond acceptors (Lipinski definition) is 5. The van der Waals surface area contributed by atoms with Gasteiger partial charge in [-0.15, -0.1) is 0 Å². The largest absolute Gasteiger partial charge is 0.350 e. The first-order chi connectivity index (χ1) is 17.3. The van der Waals surface area contributed by atoms with E-state index in [1.807, 2.05) is 11.8 Å². The molecule has 4 heterocycles. The Morgan fingerprint density at radius 1 is 1.22 bits per heavy atom. The number of rotatable bonds is 6. The monoisotopic (exact) mass is 514 g/mol. The van der Waals surface area contributed by atoms with Crippen molar-refractivity contribution in [3.8, 4) is 11.3 Å². The summed E-state index contributed by atoms with van der Waals surface area (Å²) in [7, 11) is 0. The molecule has 1 atom stereocenters. The number of amides is 2. The van der Waals surface area contributed by atoms with Crippen LogP contribution in [0.1, 0.15) is 54.5 Å². The summed E-state index contributed by atoms with van der Waals surface area (Å²) in [5, 5.41) is 9.93. The van der Waals surface area contributed by atoms with Gasteiger partial charge >= 0.3 is 0 Å². The number of pyridine rings is 2. The highest BCUT2D eigenvalue weighted by atomic mass is 35.5. The Morgan fingerprint density at radius 3 is 2.75 bits per heavy atom. The molecule has 0 radical (unpaired) electrons. The third kappa shape index (κ3) is 4.69. The zero-order chi connectivity index (χ0) is 25.4. The standard InChI is InChI=1S/C25H25ClF2N6O2/c1-2-16-8-17(19(28)12-29-16)20-9-21(33-32-20)24(36)34-6-3-14(10-25(34)4-5-25)23(35)31-13-22-18(26)7-15(27)11-30-22/h7-9,11-12,14H,2-6,10,13H2,1H3,(H,31,35)(H,32,33)/t14-/m0/s1. The molecule has 2 amide bonds.